The van der Waals surface area contributed by atoms with Crippen LogP contribution in [0.2, 0.25) is 0 Å². The Morgan fingerprint density at radius 2 is 2.00 bits per heavy atom. The zero-order chi connectivity index (χ0) is 11.6. The summed E-state index contributed by atoms with van der Waals surface area (Å²) in [6.45, 7) is 4.46. The molecule has 2 rings (SSSR count). The van der Waals surface area contributed by atoms with Gasteiger partial charge in [0.2, 0.25) is 0 Å². The predicted molar refractivity (Wildman–Crippen MR) is 70.8 cm³/mol. The summed E-state index contributed by atoms with van der Waals surface area (Å²) in [6, 6.07) is 8.53. The van der Waals surface area contributed by atoms with Gasteiger partial charge in [0.1, 0.15) is 0 Å². The van der Waals surface area contributed by atoms with E-state index in [9.17, 15) is 5.11 Å². The van der Waals surface area contributed by atoms with Gasteiger partial charge in [-0.05, 0) is 35.6 Å². The van der Waals surface area contributed by atoms with Crippen LogP contribution in [0.4, 0.5) is 0 Å². The summed E-state index contributed by atoms with van der Waals surface area (Å²) in [6.07, 6.45) is 2.01. The van der Waals surface area contributed by atoms with E-state index in [1.165, 1.54) is 5.56 Å². The molecule has 1 heterocycles. The van der Waals surface area contributed by atoms with Gasteiger partial charge in [0.15, 0.2) is 0 Å². The van der Waals surface area contributed by atoms with Crippen molar-refractivity contribution in [2.45, 2.75) is 32.3 Å². The van der Waals surface area contributed by atoms with Gasteiger partial charge in [-0.15, -0.1) is 0 Å². The van der Waals surface area contributed by atoms with Gasteiger partial charge in [-0.1, -0.05) is 38.1 Å². The van der Waals surface area contributed by atoms with Crippen molar-refractivity contribution in [1.29, 1.82) is 0 Å². The van der Waals surface area contributed by atoms with Crippen LogP contribution < -0.4 is 0 Å². The van der Waals surface area contributed by atoms with Crippen molar-refractivity contribution in [1.82, 2.24) is 0 Å². The van der Waals surface area contributed by atoms with Crippen LogP contribution in [0.15, 0.2) is 24.3 Å². The third kappa shape index (κ3) is 2.61. The van der Waals surface area contributed by atoms with E-state index in [1.807, 2.05) is 11.8 Å². The van der Waals surface area contributed by atoms with Gasteiger partial charge in [-0.2, -0.15) is 11.8 Å². The highest BCUT2D eigenvalue weighted by molar-refractivity contribution is 7.99. The highest BCUT2D eigenvalue weighted by Gasteiger charge is 2.33. The number of thioether (sulfide) groups is 1. The molecule has 0 amide bonds. The van der Waals surface area contributed by atoms with Crippen LogP contribution in [0.3, 0.4) is 0 Å². The molecule has 1 saturated heterocycles. The van der Waals surface area contributed by atoms with E-state index < -0.39 is 5.60 Å². The zero-order valence-electron chi connectivity index (χ0n) is 10.1. The van der Waals surface area contributed by atoms with E-state index in [4.69, 9.17) is 0 Å². The lowest BCUT2D eigenvalue weighted by Gasteiger charge is -2.22. The van der Waals surface area contributed by atoms with Gasteiger partial charge >= 0.3 is 0 Å². The van der Waals surface area contributed by atoms with Gasteiger partial charge < -0.3 is 5.11 Å². The highest BCUT2D eigenvalue weighted by atomic mass is 32.2. The molecule has 1 aliphatic heterocycles. The Hall–Kier alpha value is -0.470. The lowest BCUT2D eigenvalue weighted by molar-refractivity contribution is 0.0657. The van der Waals surface area contributed by atoms with Crippen molar-refractivity contribution in [2.75, 3.05) is 11.5 Å². The monoisotopic (exact) mass is 236 g/mol. The van der Waals surface area contributed by atoms with Crippen molar-refractivity contribution in [2.24, 2.45) is 5.92 Å². The van der Waals surface area contributed by atoms with E-state index in [0.29, 0.717) is 5.92 Å². The Balaban J connectivity index is 2.12. The normalized spacial score (nSPS) is 25.2. The summed E-state index contributed by atoms with van der Waals surface area (Å²) >= 11 is 1.84. The maximum absolute atomic E-state index is 10.4. The predicted octanol–water partition coefficient (Wildman–Crippen LogP) is 3.21. The third-order valence-corrected chi connectivity index (χ3v) is 4.31. The maximum Gasteiger partial charge on any atom is 0.0994 e. The summed E-state index contributed by atoms with van der Waals surface area (Å²) < 4.78 is 0. The van der Waals surface area contributed by atoms with Gasteiger partial charge in [-0.25, -0.2) is 0 Å². The molecule has 1 nitrogen and oxygen atoms in total. The molecule has 1 aliphatic rings. The Kier molecular flexibility index (Phi) is 3.60. The highest BCUT2D eigenvalue weighted by Crippen LogP contribution is 2.36. The van der Waals surface area contributed by atoms with E-state index in [1.54, 1.807) is 0 Å². The molecule has 1 aromatic carbocycles. The third-order valence-electron chi connectivity index (χ3n) is 3.14. The molecule has 0 aromatic heterocycles. The van der Waals surface area contributed by atoms with Crippen molar-refractivity contribution < 1.29 is 5.11 Å². The Labute approximate surface area is 102 Å². The van der Waals surface area contributed by atoms with Crippen LogP contribution >= 0.6 is 11.8 Å². The minimum absolute atomic E-state index is 0.568. The molecule has 88 valence electrons. The second-order valence-electron chi connectivity index (χ2n) is 5.13. The molecule has 0 radical (unpaired) electrons. The van der Waals surface area contributed by atoms with Crippen LogP contribution in [-0.2, 0) is 12.0 Å². The average Bonchev–Trinajstić information content (AvgIpc) is 2.66. The van der Waals surface area contributed by atoms with E-state index in [2.05, 4.69) is 38.1 Å². The fourth-order valence-corrected chi connectivity index (χ4v) is 3.48. The van der Waals surface area contributed by atoms with E-state index in [-0.39, 0.29) is 0 Å². The van der Waals surface area contributed by atoms with E-state index >= 15 is 0 Å². The number of rotatable bonds is 3. The first kappa shape index (κ1) is 12.0. The quantitative estimate of drug-likeness (QED) is 0.869. The lowest BCUT2D eigenvalue weighted by Crippen LogP contribution is -2.24. The largest absolute Gasteiger partial charge is 0.384 e. The minimum atomic E-state index is -0.568. The average molecular weight is 236 g/mol. The minimum Gasteiger partial charge on any atom is -0.384 e. The second kappa shape index (κ2) is 4.80. The van der Waals surface area contributed by atoms with Gasteiger partial charge in [0.05, 0.1) is 5.60 Å². The zero-order valence-corrected chi connectivity index (χ0v) is 10.9. The first-order chi connectivity index (χ1) is 7.60. The molecular formula is C14H20OS. The Morgan fingerprint density at radius 3 is 2.50 bits per heavy atom. The summed E-state index contributed by atoms with van der Waals surface area (Å²) in [5.74, 6) is 2.61. The Morgan fingerprint density at radius 1 is 1.31 bits per heavy atom. The molecule has 1 unspecified atom stereocenters. The summed E-state index contributed by atoms with van der Waals surface area (Å²) in [4.78, 5) is 0. The molecule has 2 heteroatoms. The first-order valence-corrected chi connectivity index (χ1v) is 7.15. The molecule has 0 aliphatic carbocycles. The molecule has 1 fully saturated rings. The standard InChI is InChI=1S/C14H20OS/c1-11(2)9-12-3-5-13(6-4-12)14(15)7-8-16-10-14/h3-6,11,15H,7-10H2,1-2H3. The van der Waals surface area contributed by atoms with Gasteiger partial charge in [0.25, 0.3) is 0 Å². The molecule has 16 heavy (non-hydrogen) atoms. The molecule has 1 atom stereocenters. The maximum atomic E-state index is 10.4. The van der Waals surface area contributed by atoms with Crippen molar-refractivity contribution in [3.8, 4) is 0 Å². The van der Waals surface area contributed by atoms with Crippen LogP contribution in [0.25, 0.3) is 0 Å². The van der Waals surface area contributed by atoms with Crippen molar-refractivity contribution in [3.63, 3.8) is 0 Å². The first-order valence-electron chi connectivity index (χ1n) is 6.00. The van der Waals surface area contributed by atoms with Crippen LogP contribution in [0, 0.1) is 5.92 Å². The van der Waals surface area contributed by atoms with Crippen molar-refractivity contribution in [3.05, 3.63) is 35.4 Å². The smallest absolute Gasteiger partial charge is 0.0994 e. The summed E-state index contributed by atoms with van der Waals surface area (Å²) in [5, 5.41) is 10.4. The fraction of sp³-hybridized carbons (Fsp3) is 0.571. The van der Waals surface area contributed by atoms with Gasteiger partial charge in [0, 0.05) is 5.75 Å². The number of hydrogen-bond acceptors (Lipinski definition) is 2. The fourth-order valence-electron chi connectivity index (χ4n) is 2.20. The molecule has 0 spiro atoms. The topological polar surface area (TPSA) is 20.2 Å². The number of benzene rings is 1. The van der Waals surface area contributed by atoms with Crippen LogP contribution in [0.5, 0.6) is 0 Å². The number of hydrogen-bond donors (Lipinski definition) is 1. The molecule has 0 bridgehead atoms. The van der Waals surface area contributed by atoms with E-state index in [0.717, 1.165) is 29.9 Å². The van der Waals surface area contributed by atoms with Crippen LogP contribution in [-0.4, -0.2) is 16.6 Å². The molecule has 1 aromatic rings. The lowest BCUT2D eigenvalue weighted by atomic mass is 9.91. The second-order valence-corrected chi connectivity index (χ2v) is 6.23. The Bertz CT molecular complexity index is 336. The SMILES string of the molecule is CC(C)Cc1ccc(C2(O)CCSC2)cc1. The summed E-state index contributed by atoms with van der Waals surface area (Å²) in [7, 11) is 0. The molecular weight excluding hydrogens is 216 g/mol. The van der Waals surface area contributed by atoms with Gasteiger partial charge in [-0.3, -0.25) is 0 Å². The molecule has 1 N–H and O–H groups in total. The van der Waals surface area contributed by atoms with Crippen LogP contribution in [0.1, 0.15) is 31.4 Å². The number of aliphatic hydroxyl groups is 1. The molecule has 0 saturated carbocycles. The van der Waals surface area contributed by atoms with Crippen molar-refractivity contribution >= 4 is 11.8 Å². The summed E-state index contributed by atoms with van der Waals surface area (Å²) in [5.41, 5.74) is 1.89.